The third-order valence-electron chi connectivity index (χ3n) is 3.50. The molecule has 24 heavy (non-hydrogen) atoms. The van der Waals surface area contributed by atoms with E-state index in [0.717, 1.165) is 5.69 Å². The molecule has 126 valence electrons. The van der Waals surface area contributed by atoms with Crippen LogP contribution < -0.4 is 10.2 Å². The predicted octanol–water partition coefficient (Wildman–Crippen LogP) is 3.59. The molecule has 2 aromatic carbocycles. The molecule has 1 amide bonds. The Balaban J connectivity index is 2.10. The maximum Gasteiger partial charge on any atom is 0.337 e. The van der Waals surface area contributed by atoms with Gasteiger partial charge in [-0.1, -0.05) is 29.8 Å². The predicted molar refractivity (Wildman–Crippen MR) is 95.8 cm³/mol. The Labute approximate surface area is 146 Å². The van der Waals surface area contributed by atoms with E-state index in [1.54, 1.807) is 12.1 Å². The standard InChI is InChI=1S/C18H19ClN2O3/c1-3-21(14-7-5-4-6-8-14)12-17(22)20-16-11-13(18(23)24-2)9-10-15(16)19/h4-11H,3,12H2,1-2H3,(H,20,22). The Morgan fingerprint density at radius 2 is 1.88 bits per heavy atom. The van der Waals surface area contributed by atoms with Crippen molar-refractivity contribution in [1.29, 1.82) is 0 Å². The molecule has 0 heterocycles. The Morgan fingerprint density at radius 1 is 1.17 bits per heavy atom. The van der Waals surface area contributed by atoms with E-state index in [-0.39, 0.29) is 12.5 Å². The largest absolute Gasteiger partial charge is 0.465 e. The van der Waals surface area contributed by atoms with Crippen LogP contribution in [0.25, 0.3) is 0 Å². The highest BCUT2D eigenvalue weighted by molar-refractivity contribution is 6.33. The minimum atomic E-state index is -0.485. The first kappa shape index (κ1) is 17.8. The van der Waals surface area contributed by atoms with Crippen molar-refractivity contribution in [1.82, 2.24) is 0 Å². The molecular formula is C18H19ClN2O3. The van der Waals surface area contributed by atoms with Gasteiger partial charge < -0.3 is 15.0 Å². The third kappa shape index (κ3) is 4.49. The summed E-state index contributed by atoms with van der Waals surface area (Å²) in [5, 5.41) is 3.10. The van der Waals surface area contributed by atoms with Gasteiger partial charge in [-0.2, -0.15) is 0 Å². The molecule has 2 aromatic rings. The maximum atomic E-state index is 12.3. The van der Waals surface area contributed by atoms with Crippen LogP contribution in [0.3, 0.4) is 0 Å². The lowest BCUT2D eigenvalue weighted by Gasteiger charge is -2.22. The average molecular weight is 347 g/mol. The molecule has 0 aromatic heterocycles. The van der Waals surface area contributed by atoms with Crippen molar-refractivity contribution in [2.45, 2.75) is 6.92 Å². The van der Waals surface area contributed by atoms with Crippen molar-refractivity contribution in [3.8, 4) is 0 Å². The van der Waals surface area contributed by atoms with E-state index in [9.17, 15) is 9.59 Å². The Bertz CT molecular complexity index is 719. The van der Waals surface area contributed by atoms with Crippen molar-refractivity contribution in [3.05, 3.63) is 59.1 Å². The quantitative estimate of drug-likeness (QED) is 0.812. The zero-order valence-electron chi connectivity index (χ0n) is 13.6. The Morgan fingerprint density at radius 3 is 2.50 bits per heavy atom. The van der Waals surface area contributed by atoms with Crippen LogP contribution in [0.1, 0.15) is 17.3 Å². The van der Waals surface area contributed by atoms with Gasteiger partial charge in [0.15, 0.2) is 0 Å². The van der Waals surface area contributed by atoms with Crippen LogP contribution in [-0.2, 0) is 9.53 Å². The molecule has 1 N–H and O–H groups in total. The van der Waals surface area contributed by atoms with E-state index >= 15 is 0 Å². The number of hydrogen-bond acceptors (Lipinski definition) is 4. The van der Waals surface area contributed by atoms with E-state index in [4.69, 9.17) is 11.6 Å². The molecule has 0 saturated carbocycles. The number of rotatable bonds is 6. The number of likely N-dealkylation sites (N-methyl/N-ethyl adjacent to an activating group) is 1. The van der Waals surface area contributed by atoms with Crippen LogP contribution in [0, 0.1) is 0 Å². The number of amides is 1. The van der Waals surface area contributed by atoms with Gasteiger partial charge in [-0.3, -0.25) is 4.79 Å². The summed E-state index contributed by atoms with van der Waals surface area (Å²) in [4.78, 5) is 25.9. The van der Waals surface area contributed by atoms with E-state index in [0.29, 0.717) is 22.8 Å². The minimum absolute atomic E-state index is 0.180. The fourth-order valence-electron chi connectivity index (χ4n) is 2.25. The van der Waals surface area contributed by atoms with Crippen molar-refractivity contribution < 1.29 is 14.3 Å². The molecular weight excluding hydrogens is 328 g/mol. The molecule has 0 fully saturated rings. The number of hydrogen-bond donors (Lipinski definition) is 1. The first-order chi connectivity index (χ1) is 11.5. The number of ether oxygens (including phenoxy) is 1. The van der Waals surface area contributed by atoms with Gasteiger partial charge >= 0.3 is 5.97 Å². The van der Waals surface area contributed by atoms with Gasteiger partial charge in [0.1, 0.15) is 0 Å². The lowest BCUT2D eigenvalue weighted by Crippen LogP contribution is -2.33. The Hall–Kier alpha value is -2.53. The number of esters is 1. The van der Waals surface area contributed by atoms with Gasteiger partial charge in [-0.05, 0) is 37.3 Å². The average Bonchev–Trinajstić information content (AvgIpc) is 2.61. The molecule has 0 aliphatic heterocycles. The van der Waals surface area contributed by atoms with Crippen LogP contribution in [0.15, 0.2) is 48.5 Å². The van der Waals surface area contributed by atoms with Crippen molar-refractivity contribution >= 4 is 34.9 Å². The van der Waals surface area contributed by atoms with Crippen LogP contribution in [0.5, 0.6) is 0 Å². The molecule has 0 aliphatic carbocycles. The smallest absolute Gasteiger partial charge is 0.337 e. The normalized spacial score (nSPS) is 10.1. The molecule has 0 unspecified atom stereocenters. The van der Waals surface area contributed by atoms with Gasteiger partial charge in [0.25, 0.3) is 0 Å². The lowest BCUT2D eigenvalue weighted by molar-refractivity contribution is -0.115. The number of anilines is 2. The summed E-state index contributed by atoms with van der Waals surface area (Å²) >= 11 is 6.10. The van der Waals surface area contributed by atoms with Gasteiger partial charge in [0.05, 0.1) is 29.9 Å². The summed E-state index contributed by atoms with van der Waals surface area (Å²) in [6.45, 7) is 2.85. The zero-order chi connectivity index (χ0) is 17.5. The van der Waals surface area contributed by atoms with Crippen molar-refractivity contribution in [3.63, 3.8) is 0 Å². The lowest BCUT2D eigenvalue weighted by atomic mass is 10.2. The van der Waals surface area contributed by atoms with E-state index in [1.165, 1.54) is 13.2 Å². The second-order valence-corrected chi connectivity index (χ2v) is 5.49. The number of nitrogens with zero attached hydrogens (tertiary/aromatic N) is 1. The van der Waals surface area contributed by atoms with Gasteiger partial charge in [-0.25, -0.2) is 4.79 Å². The highest BCUT2D eigenvalue weighted by Crippen LogP contribution is 2.23. The summed E-state index contributed by atoms with van der Waals surface area (Å²) in [5.41, 5.74) is 1.67. The topological polar surface area (TPSA) is 58.6 Å². The van der Waals surface area contributed by atoms with Crippen LogP contribution in [0.4, 0.5) is 11.4 Å². The summed E-state index contributed by atoms with van der Waals surface area (Å²) in [5.74, 6) is -0.703. The van der Waals surface area contributed by atoms with Gasteiger partial charge in [-0.15, -0.1) is 0 Å². The number of carbonyl (C=O) groups excluding carboxylic acids is 2. The van der Waals surface area contributed by atoms with E-state index in [1.807, 2.05) is 42.2 Å². The maximum absolute atomic E-state index is 12.3. The van der Waals surface area contributed by atoms with Gasteiger partial charge in [0, 0.05) is 12.2 Å². The second-order valence-electron chi connectivity index (χ2n) is 5.08. The summed E-state index contributed by atoms with van der Waals surface area (Å²) < 4.78 is 4.67. The highest BCUT2D eigenvalue weighted by Gasteiger charge is 2.14. The number of carbonyl (C=O) groups is 2. The minimum Gasteiger partial charge on any atom is -0.465 e. The zero-order valence-corrected chi connectivity index (χ0v) is 14.3. The monoisotopic (exact) mass is 346 g/mol. The first-order valence-electron chi connectivity index (χ1n) is 7.53. The number of benzene rings is 2. The SMILES string of the molecule is CCN(CC(=O)Nc1cc(C(=O)OC)ccc1Cl)c1ccccc1. The second kappa shape index (κ2) is 8.36. The third-order valence-corrected chi connectivity index (χ3v) is 3.83. The molecule has 0 radical (unpaired) electrons. The van der Waals surface area contributed by atoms with Crippen molar-refractivity contribution in [2.24, 2.45) is 0 Å². The molecule has 0 saturated heterocycles. The molecule has 0 aliphatic rings. The molecule has 0 bridgehead atoms. The number of methoxy groups -OCH3 is 1. The van der Waals surface area contributed by atoms with Crippen LogP contribution in [0.2, 0.25) is 5.02 Å². The molecule has 0 spiro atoms. The summed E-state index contributed by atoms with van der Waals surface area (Å²) in [6, 6.07) is 14.3. The number of nitrogens with one attached hydrogen (secondary N) is 1. The van der Waals surface area contributed by atoms with Crippen LogP contribution in [-0.4, -0.2) is 32.1 Å². The Kier molecular flexibility index (Phi) is 6.21. The van der Waals surface area contributed by atoms with E-state index in [2.05, 4.69) is 10.1 Å². The summed E-state index contributed by atoms with van der Waals surface area (Å²) in [6.07, 6.45) is 0. The molecule has 0 atom stereocenters. The highest BCUT2D eigenvalue weighted by atomic mass is 35.5. The number of para-hydroxylation sites is 1. The summed E-state index contributed by atoms with van der Waals surface area (Å²) in [7, 11) is 1.30. The molecule has 5 nitrogen and oxygen atoms in total. The fourth-order valence-corrected chi connectivity index (χ4v) is 2.42. The van der Waals surface area contributed by atoms with E-state index < -0.39 is 5.97 Å². The number of halogens is 1. The van der Waals surface area contributed by atoms with Gasteiger partial charge in [0.2, 0.25) is 5.91 Å². The first-order valence-corrected chi connectivity index (χ1v) is 7.90. The fraction of sp³-hybridized carbons (Fsp3) is 0.222. The van der Waals surface area contributed by atoms with Crippen molar-refractivity contribution in [2.75, 3.05) is 30.4 Å². The molecule has 2 rings (SSSR count). The van der Waals surface area contributed by atoms with Crippen LogP contribution >= 0.6 is 11.6 Å². The molecule has 6 heteroatoms.